The minimum atomic E-state index is -0.394. The van der Waals surface area contributed by atoms with E-state index in [1.54, 1.807) is 0 Å². The fraction of sp³-hybridized carbons (Fsp3) is 0.667. The Hall–Kier alpha value is -0.510. The Morgan fingerprint density at radius 1 is 2.00 bits per heavy atom. The zero-order valence-corrected chi connectivity index (χ0v) is 4.70. The van der Waals surface area contributed by atoms with E-state index in [9.17, 15) is 4.79 Å². The predicted molar refractivity (Wildman–Crippen MR) is 26.7 cm³/mol. The second-order valence-corrected chi connectivity index (χ2v) is 1.12. The van der Waals surface area contributed by atoms with E-state index >= 15 is 0 Å². The van der Waals surface area contributed by atoms with Crippen molar-refractivity contribution in [3.05, 3.63) is 0 Å². The van der Waals surface area contributed by atoms with Gasteiger partial charge in [0.05, 0.1) is 7.11 Å². The molecule has 0 aromatic carbocycles. The number of esters is 1. The average Bonchev–Trinajstić information content (AvgIpc) is 1.68. The third-order valence-electron chi connectivity index (χ3n) is 0.421. The summed E-state index contributed by atoms with van der Waals surface area (Å²) in [5.41, 5.74) is 0. The molecule has 0 aliphatic carbocycles. The van der Waals surface area contributed by atoms with Crippen LogP contribution in [0, 0.1) is 0 Å². The van der Waals surface area contributed by atoms with Gasteiger partial charge in [-0.05, 0) is 0 Å². The van der Waals surface area contributed by atoms with Crippen LogP contribution in [0.4, 0.5) is 0 Å². The summed E-state index contributed by atoms with van der Waals surface area (Å²) in [7, 11) is 1.29. The molecule has 3 nitrogen and oxygen atoms in total. The van der Waals surface area contributed by atoms with Gasteiger partial charge in [-0.2, -0.15) is 0 Å². The average molecular weight is 119 g/mol. The van der Waals surface area contributed by atoms with Crippen molar-refractivity contribution in [3.63, 3.8) is 0 Å². The second-order valence-electron chi connectivity index (χ2n) is 0.863. The van der Waals surface area contributed by atoms with Gasteiger partial charge in [0.1, 0.15) is 6.54 Å². The van der Waals surface area contributed by atoms with Crippen LogP contribution < -0.4 is 0 Å². The lowest BCUT2D eigenvalue weighted by Gasteiger charge is -1.87. The molecule has 4 heteroatoms. The first kappa shape index (κ1) is 6.49. The van der Waals surface area contributed by atoms with Crippen molar-refractivity contribution in [3.8, 4) is 0 Å². The van der Waals surface area contributed by atoms with Gasteiger partial charge in [-0.3, -0.25) is 4.79 Å². The summed E-state index contributed by atoms with van der Waals surface area (Å²) in [5.74, 6) is -0.394. The van der Waals surface area contributed by atoms with Crippen LogP contribution in [-0.4, -0.2) is 19.6 Å². The van der Waals surface area contributed by atoms with Gasteiger partial charge in [-0.15, -0.1) is 0 Å². The molecule has 40 valence electrons. The second kappa shape index (κ2) is 3.67. The molecule has 0 rings (SSSR count). The number of carbonyl (C=O) groups excluding carboxylic acids is 1. The van der Waals surface area contributed by atoms with Crippen molar-refractivity contribution >= 4 is 18.4 Å². The maximum absolute atomic E-state index is 10.0. The molecule has 0 saturated carbocycles. The normalized spacial score (nSPS) is 7.57. The molecule has 0 saturated heterocycles. The van der Waals surface area contributed by atoms with Crippen LogP contribution in [0.3, 0.4) is 0 Å². The molecule has 7 heavy (non-hydrogen) atoms. The minimum Gasteiger partial charge on any atom is -0.468 e. The van der Waals surface area contributed by atoms with Crippen LogP contribution >= 0.6 is 0 Å². The Morgan fingerprint density at radius 3 is 2.71 bits per heavy atom. The molecule has 0 radical (unpaired) electrons. The summed E-state index contributed by atoms with van der Waals surface area (Å²) in [6.07, 6.45) is 0. The first-order valence-electron chi connectivity index (χ1n) is 1.67. The Morgan fingerprint density at radius 2 is 2.57 bits per heavy atom. The van der Waals surface area contributed by atoms with Gasteiger partial charge in [-0.25, -0.2) is 4.36 Å². The fourth-order valence-corrected chi connectivity index (χ4v) is 0.223. The zero-order valence-electron chi connectivity index (χ0n) is 3.88. The van der Waals surface area contributed by atoms with E-state index < -0.39 is 5.97 Å². The van der Waals surface area contributed by atoms with Crippen LogP contribution in [0.15, 0.2) is 4.36 Å². The first-order valence-corrected chi connectivity index (χ1v) is 2.03. The maximum atomic E-state index is 10.0. The SMILES string of the molecule is COC(=O)CN=S. The van der Waals surface area contributed by atoms with Crippen LogP contribution in [0.1, 0.15) is 0 Å². The number of ether oxygens (including phenoxy) is 1. The first-order chi connectivity index (χ1) is 3.31. The molecule has 0 aromatic rings. The monoisotopic (exact) mass is 119 g/mol. The largest absolute Gasteiger partial charge is 0.468 e. The molecular formula is C3H5NO2S. The number of nitrogens with zero attached hydrogens (tertiary/aromatic N) is 1. The third-order valence-corrected chi connectivity index (χ3v) is 0.550. The van der Waals surface area contributed by atoms with Crippen molar-refractivity contribution < 1.29 is 9.53 Å². The van der Waals surface area contributed by atoms with Gasteiger partial charge < -0.3 is 4.74 Å². The number of rotatable bonds is 2. The van der Waals surface area contributed by atoms with Gasteiger partial charge in [0.15, 0.2) is 0 Å². The molecule has 0 unspecified atom stereocenters. The lowest BCUT2D eigenvalue weighted by molar-refractivity contribution is -0.138. The van der Waals surface area contributed by atoms with E-state index in [-0.39, 0.29) is 6.54 Å². The summed E-state index contributed by atoms with van der Waals surface area (Å²) in [5, 5.41) is 0. The molecule has 0 bridgehead atoms. The minimum absolute atomic E-state index is 0.0220. The van der Waals surface area contributed by atoms with E-state index in [4.69, 9.17) is 0 Å². The van der Waals surface area contributed by atoms with Gasteiger partial charge in [0.2, 0.25) is 0 Å². The Labute approximate surface area is 46.8 Å². The molecule has 0 heterocycles. The summed E-state index contributed by atoms with van der Waals surface area (Å²) in [4.78, 5) is 10.0. The lowest BCUT2D eigenvalue weighted by Crippen LogP contribution is -2.02. The molecule has 0 aromatic heterocycles. The van der Waals surface area contributed by atoms with Crippen molar-refractivity contribution in [2.45, 2.75) is 0 Å². The molecule has 0 spiro atoms. The molecule has 0 fully saturated rings. The van der Waals surface area contributed by atoms with Crippen molar-refractivity contribution in [1.82, 2.24) is 0 Å². The summed E-state index contributed by atoms with van der Waals surface area (Å²) in [6.45, 7) is -0.0220. The molecule has 0 aliphatic rings. The Bertz CT molecular complexity index is 83.0. The van der Waals surface area contributed by atoms with Gasteiger partial charge in [-0.1, -0.05) is 0 Å². The van der Waals surface area contributed by atoms with Gasteiger partial charge in [0, 0.05) is 12.4 Å². The summed E-state index contributed by atoms with van der Waals surface area (Å²) < 4.78 is 7.31. The fourth-order valence-electron chi connectivity index (χ4n) is 0.117. The zero-order chi connectivity index (χ0) is 5.70. The standard InChI is InChI=1S/C3H5NO2S/c1-6-3(5)2-4-7/h2H2,1H3. The molecule has 0 atom stereocenters. The summed E-state index contributed by atoms with van der Waals surface area (Å²) >= 11 is 4.12. The van der Waals surface area contributed by atoms with Crippen LogP contribution in [-0.2, 0) is 22.0 Å². The van der Waals surface area contributed by atoms with Crippen molar-refractivity contribution in [1.29, 1.82) is 0 Å². The van der Waals surface area contributed by atoms with E-state index in [0.29, 0.717) is 0 Å². The van der Waals surface area contributed by atoms with Crippen molar-refractivity contribution in [2.75, 3.05) is 13.7 Å². The number of methoxy groups -OCH3 is 1. The van der Waals surface area contributed by atoms with E-state index in [0.717, 1.165) is 0 Å². The Balaban J connectivity index is 3.17. The highest BCUT2D eigenvalue weighted by molar-refractivity contribution is 7.47. The Kier molecular flexibility index (Phi) is 3.40. The number of hydrogen-bond acceptors (Lipinski definition) is 4. The predicted octanol–water partition coefficient (Wildman–Crippen LogP) is -0.110. The molecule has 0 N–H and O–H groups in total. The van der Waals surface area contributed by atoms with E-state index in [1.165, 1.54) is 7.11 Å². The van der Waals surface area contributed by atoms with E-state index in [1.807, 2.05) is 0 Å². The van der Waals surface area contributed by atoms with Gasteiger partial charge >= 0.3 is 5.97 Å². The maximum Gasteiger partial charge on any atom is 0.328 e. The highest BCUT2D eigenvalue weighted by atomic mass is 32.1. The van der Waals surface area contributed by atoms with Crippen LogP contribution in [0.5, 0.6) is 0 Å². The smallest absolute Gasteiger partial charge is 0.328 e. The van der Waals surface area contributed by atoms with E-state index in [2.05, 4.69) is 21.5 Å². The van der Waals surface area contributed by atoms with Crippen LogP contribution in [0.25, 0.3) is 0 Å². The highest BCUT2D eigenvalue weighted by Crippen LogP contribution is 1.71. The van der Waals surface area contributed by atoms with Crippen molar-refractivity contribution in [2.24, 2.45) is 4.36 Å². The summed E-state index contributed by atoms with van der Waals surface area (Å²) in [6, 6.07) is 0. The number of hydrogen-bond donors (Lipinski definition) is 0. The molecule has 0 aliphatic heterocycles. The quantitative estimate of drug-likeness (QED) is 0.476. The highest BCUT2D eigenvalue weighted by Gasteiger charge is 1.92. The lowest BCUT2D eigenvalue weighted by atomic mass is 10.7. The molecule has 0 amide bonds. The van der Waals surface area contributed by atoms with Gasteiger partial charge in [0.25, 0.3) is 0 Å². The molecular weight excluding hydrogens is 114 g/mol. The number of carbonyl (C=O) groups is 1. The topological polar surface area (TPSA) is 38.7 Å². The van der Waals surface area contributed by atoms with Crippen LogP contribution in [0.2, 0.25) is 0 Å². The third kappa shape index (κ3) is 3.32.